The maximum atomic E-state index is 11.5. The van der Waals surface area contributed by atoms with Crippen molar-refractivity contribution in [3.8, 4) is 6.07 Å². The first-order valence-electron chi connectivity index (χ1n) is 4.50. The van der Waals surface area contributed by atoms with Crippen LogP contribution in [0.15, 0.2) is 15.8 Å². The van der Waals surface area contributed by atoms with Crippen LogP contribution >= 0.6 is 0 Å². The summed E-state index contributed by atoms with van der Waals surface area (Å²) < 4.78 is 1.80. The van der Waals surface area contributed by atoms with Crippen LogP contribution < -0.4 is 11.2 Å². The van der Waals surface area contributed by atoms with Gasteiger partial charge in [-0.25, -0.2) is 4.79 Å². The Morgan fingerprint density at radius 1 is 1.56 bits per heavy atom. The maximum absolute atomic E-state index is 11.5. The highest BCUT2D eigenvalue weighted by Gasteiger charge is 2.10. The van der Waals surface area contributed by atoms with E-state index < -0.39 is 24.0 Å². The number of rotatable bonds is 3. The van der Waals surface area contributed by atoms with E-state index in [1.54, 1.807) is 6.07 Å². The lowest BCUT2D eigenvalue weighted by atomic mass is 10.3. The van der Waals surface area contributed by atoms with Gasteiger partial charge < -0.3 is 10.2 Å². The van der Waals surface area contributed by atoms with E-state index in [1.807, 2.05) is 0 Å². The molecule has 1 rings (SSSR count). The zero-order valence-electron chi connectivity index (χ0n) is 8.62. The van der Waals surface area contributed by atoms with Gasteiger partial charge in [-0.1, -0.05) is 0 Å². The van der Waals surface area contributed by atoms with Crippen molar-refractivity contribution in [3.63, 3.8) is 0 Å². The lowest BCUT2D eigenvalue weighted by molar-refractivity contribution is 0.0797. The minimum atomic E-state index is -1.11. The minimum Gasteiger partial charge on any atom is -0.394 e. The molecule has 0 aliphatic rings. The Hall–Kier alpha value is -1.91. The Morgan fingerprint density at radius 2 is 2.19 bits per heavy atom. The molecule has 0 fully saturated rings. The van der Waals surface area contributed by atoms with Gasteiger partial charge in [-0.3, -0.25) is 13.9 Å². The van der Waals surface area contributed by atoms with Gasteiger partial charge in [-0.15, -0.1) is 0 Å². The lowest BCUT2D eigenvalue weighted by Crippen LogP contribution is -2.41. The molecular formula is C9H11N3O4. The normalized spacial score (nSPS) is 12.1. The Labute approximate surface area is 90.4 Å². The van der Waals surface area contributed by atoms with Crippen LogP contribution in [0.2, 0.25) is 0 Å². The van der Waals surface area contributed by atoms with Gasteiger partial charge >= 0.3 is 5.69 Å². The first-order chi connectivity index (χ1) is 7.51. The van der Waals surface area contributed by atoms with Crippen LogP contribution in [0.1, 0.15) is 5.56 Å². The minimum absolute atomic E-state index is 0.169. The molecule has 0 saturated heterocycles. The van der Waals surface area contributed by atoms with Crippen LogP contribution in [0.5, 0.6) is 0 Å². The Bertz CT molecular complexity index is 537. The van der Waals surface area contributed by atoms with E-state index in [9.17, 15) is 14.7 Å². The molecule has 1 heterocycles. The smallest absolute Gasteiger partial charge is 0.330 e. The number of aliphatic hydroxyl groups excluding tert-OH is 2. The summed E-state index contributed by atoms with van der Waals surface area (Å²) in [5.41, 5.74) is -1.51. The van der Waals surface area contributed by atoms with Crippen LogP contribution in [0, 0.1) is 11.3 Å². The van der Waals surface area contributed by atoms with Crippen LogP contribution in [-0.2, 0) is 13.6 Å². The van der Waals surface area contributed by atoms with Crippen LogP contribution in [-0.4, -0.2) is 32.1 Å². The number of aromatic nitrogens is 2. The quantitative estimate of drug-likeness (QED) is 0.605. The third kappa shape index (κ3) is 2.18. The molecule has 0 aliphatic carbocycles. The standard InChI is InChI=1S/C9H11N3O4/c1-11-8(15)6(2-10)3-12(9(11)16)4-7(14)5-13/h3,7,13-14H,4-5H2,1H3/t7-/m0/s1. The third-order valence-corrected chi connectivity index (χ3v) is 2.09. The Balaban J connectivity index is 3.32. The molecule has 1 aromatic rings. The van der Waals surface area contributed by atoms with Gasteiger partial charge in [0.25, 0.3) is 5.56 Å². The first kappa shape index (κ1) is 12.2. The summed E-state index contributed by atoms with van der Waals surface area (Å²) in [6.07, 6.45) is -0.0365. The largest absolute Gasteiger partial charge is 0.394 e. The second-order valence-electron chi connectivity index (χ2n) is 3.29. The number of hydrogen-bond donors (Lipinski definition) is 2. The van der Waals surface area contributed by atoms with Gasteiger partial charge in [0.2, 0.25) is 0 Å². The van der Waals surface area contributed by atoms with Gasteiger partial charge in [-0.2, -0.15) is 5.26 Å². The molecule has 0 aromatic carbocycles. The molecule has 1 aromatic heterocycles. The molecule has 7 heteroatoms. The van der Waals surface area contributed by atoms with Crippen molar-refractivity contribution in [2.45, 2.75) is 12.6 Å². The van der Waals surface area contributed by atoms with Crippen LogP contribution in [0.25, 0.3) is 0 Å². The Morgan fingerprint density at radius 3 is 2.69 bits per heavy atom. The summed E-state index contributed by atoms with van der Waals surface area (Å²) >= 11 is 0. The fourth-order valence-corrected chi connectivity index (χ4v) is 1.22. The molecule has 0 spiro atoms. The molecular weight excluding hydrogens is 214 g/mol. The summed E-state index contributed by atoms with van der Waals surface area (Å²) in [6, 6.07) is 1.66. The third-order valence-electron chi connectivity index (χ3n) is 2.09. The molecule has 2 N–H and O–H groups in total. The van der Waals surface area contributed by atoms with E-state index >= 15 is 0 Å². The van der Waals surface area contributed by atoms with E-state index in [4.69, 9.17) is 10.4 Å². The van der Waals surface area contributed by atoms with Crippen LogP contribution in [0.3, 0.4) is 0 Å². The van der Waals surface area contributed by atoms with E-state index in [0.717, 1.165) is 15.3 Å². The van der Waals surface area contributed by atoms with Gasteiger partial charge in [-0.05, 0) is 0 Å². The topological polar surface area (TPSA) is 108 Å². The molecule has 0 radical (unpaired) electrons. The van der Waals surface area contributed by atoms with Crippen molar-refractivity contribution in [2.75, 3.05) is 6.61 Å². The molecule has 1 atom stereocenters. The average Bonchev–Trinajstić information content (AvgIpc) is 2.29. The summed E-state index contributed by atoms with van der Waals surface area (Å²) in [4.78, 5) is 22.9. The summed E-state index contributed by atoms with van der Waals surface area (Å²) in [7, 11) is 1.24. The van der Waals surface area contributed by atoms with E-state index in [-0.39, 0.29) is 12.1 Å². The van der Waals surface area contributed by atoms with E-state index in [1.165, 1.54) is 7.05 Å². The van der Waals surface area contributed by atoms with E-state index in [0.29, 0.717) is 0 Å². The van der Waals surface area contributed by atoms with Crippen molar-refractivity contribution in [1.29, 1.82) is 5.26 Å². The summed E-state index contributed by atoms with van der Waals surface area (Å²) in [5.74, 6) is 0. The predicted octanol–water partition coefficient (Wildman–Crippen LogP) is -2.23. The number of aliphatic hydroxyl groups is 2. The Kier molecular flexibility index (Phi) is 3.60. The SMILES string of the molecule is Cn1c(=O)c(C#N)cn(C[C@H](O)CO)c1=O. The van der Waals surface area contributed by atoms with E-state index in [2.05, 4.69) is 0 Å². The molecule has 0 aliphatic heterocycles. The van der Waals surface area contributed by atoms with Gasteiger partial charge in [0.05, 0.1) is 19.3 Å². The van der Waals surface area contributed by atoms with Crippen molar-refractivity contribution < 1.29 is 10.2 Å². The summed E-state index contributed by atoms with van der Waals surface area (Å²) in [6.45, 7) is -0.671. The van der Waals surface area contributed by atoms with Gasteiger partial charge in [0.1, 0.15) is 11.6 Å². The van der Waals surface area contributed by atoms with Crippen molar-refractivity contribution in [1.82, 2.24) is 9.13 Å². The maximum Gasteiger partial charge on any atom is 0.330 e. The molecule has 86 valence electrons. The molecule has 0 amide bonds. The second kappa shape index (κ2) is 4.74. The zero-order valence-corrected chi connectivity index (χ0v) is 8.62. The molecule has 0 saturated carbocycles. The van der Waals surface area contributed by atoms with Gasteiger partial charge in [0.15, 0.2) is 0 Å². The second-order valence-corrected chi connectivity index (χ2v) is 3.29. The van der Waals surface area contributed by atoms with Crippen molar-refractivity contribution >= 4 is 0 Å². The van der Waals surface area contributed by atoms with Crippen molar-refractivity contribution in [2.24, 2.45) is 7.05 Å². The first-order valence-corrected chi connectivity index (χ1v) is 4.50. The van der Waals surface area contributed by atoms with Crippen LogP contribution in [0.4, 0.5) is 0 Å². The molecule has 16 heavy (non-hydrogen) atoms. The molecule has 0 bridgehead atoms. The highest BCUT2D eigenvalue weighted by Crippen LogP contribution is 1.90. The lowest BCUT2D eigenvalue weighted by Gasteiger charge is -2.11. The number of nitrogens with zero attached hydrogens (tertiary/aromatic N) is 3. The molecule has 7 nitrogen and oxygen atoms in total. The average molecular weight is 225 g/mol. The van der Waals surface area contributed by atoms with Gasteiger partial charge in [0, 0.05) is 13.2 Å². The fourth-order valence-electron chi connectivity index (χ4n) is 1.22. The van der Waals surface area contributed by atoms with Crippen molar-refractivity contribution in [3.05, 3.63) is 32.6 Å². The number of nitriles is 1. The fraction of sp³-hybridized carbons (Fsp3) is 0.444. The predicted molar refractivity (Wildman–Crippen MR) is 53.8 cm³/mol. The monoisotopic (exact) mass is 225 g/mol. The zero-order chi connectivity index (χ0) is 12.3. The highest BCUT2D eigenvalue weighted by atomic mass is 16.3. The number of hydrogen-bond acceptors (Lipinski definition) is 5. The molecule has 0 unspecified atom stereocenters. The highest BCUT2D eigenvalue weighted by molar-refractivity contribution is 5.22. The summed E-state index contributed by atoms with van der Waals surface area (Å²) in [5, 5.41) is 26.5.